The van der Waals surface area contributed by atoms with Gasteiger partial charge in [0.05, 0.1) is 6.54 Å². The Labute approximate surface area is 158 Å². The second-order valence-corrected chi connectivity index (χ2v) is 7.85. The van der Waals surface area contributed by atoms with Gasteiger partial charge in [-0.2, -0.15) is 0 Å². The molecule has 2 aromatic carbocycles. The second-order valence-electron chi connectivity index (χ2n) is 7.42. The number of ether oxygens (including phenoxy) is 1. The van der Waals surface area contributed by atoms with Crippen LogP contribution in [0.3, 0.4) is 0 Å². The number of rotatable bonds is 3. The van der Waals surface area contributed by atoms with Crippen LogP contribution in [0.1, 0.15) is 32.0 Å². The highest BCUT2D eigenvalue weighted by Gasteiger charge is 2.24. The Morgan fingerprint density at radius 1 is 1.12 bits per heavy atom. The summed E-state index contributed by atoms with van der Waals surface area (Å²) in [5.74, 6) is 0. The zero-order valence-corrected chi connectivity index (χ0v) is 16.2. The fraction of sp³-hybridized carbons (Fsp3) is 0.286. The molecular weight excluding hydrogens is 348 g/mol. The summed E-state index contributed by atoms with van der Waals surface area (Å²) < 4.78 is 5.62. The number of amides is 1. The van der Waals surface area contributed by atoms with Crippen molar-refractivity contribution in [1.29, 1.82) is 0 Å². The van der Waals surface area contributed by atoms with Crippen LogP contribution in [0.4, 0.5) is 10.5 Å². The van der Waals surface area contributed by atoms with Gasteiger partial charge in [-0.25, -0.2) is 4.79 Å². The zero-order valence-electron chi connectivity index (χ0n) is 15.5. The maximum absolute atomic E-state index is 12.8. The van der Waals surface area contributed by atoms with Gasteiger partial charge in [0.1, 0.15) is 5.60 Å². The molecule has 0 aliphatic heterocycles. The minimum atomic E-state index is -0.565. The van der Waals surface area contributed by atoms with E-state index >= 15 is 0 Å². The van der Waals surface area contributed by atoms with Crippen LogP contribution < -0.4 is 4.90 Å². The Bertz CT molecular complexity index is 923. The molecule has 4 nitrogen and oxygen atoms in total. The van der Waals surface area contributed by atoms with Gasteiger partial charge >= 0.3 is 6.09 Å². The predicted octanol–water partition coefficient (Wildman–Crippen LogP) is 6.07. The number of nitrogens with one attached hydrogen (secondary N) is 1. The highest BCUT2D eigenvalue weighted by Crippen LogP contribution is 2.26. The molecule has 1 aromatic heterocycles. The Morgan fingerprint density at radius 2 is 1.81 bits per heavy atom. The first kappa shape index (κ1) is 18.3. The highest BCUT2D eigenvalue weighted by molar-refractivity contribution is 6.30. The number of aromatic amines is 1. The number of halogens is 1. The summed E-state index contributed by atoms with van der Waals surface area (Å²) in [6.07, 6.45) is -0.376. The Morgan fingerprint density at radius 3 is 2.46 bits per heavy atom. The summed E-state index contributed by atoms with van der Waals surface area (Å²) in [7, 11) is 0. The van der Waals surface area contributed by atoms with E-state index < -0.39 is 5.60 Å². The van der Waals surface area contributed by atoms with Crippen LogP contribution in [0, 0.1) is 6.92 Å². The third-order valence-electron chi connectivity index (χ3n) is 3.92. The number of aromatic nitrogens is 1. The Balaban J connectivity index is 1.97. The van der Waals surface area contributed by atoms with Gasteiger partial charge in [-0.05, 0) is 69.7 Å². The van der Waals surface area contributed by atoms with E-state index in [9.17, 15) is 4.79 Å². The number of carbonyl (C=O) groups excluding carboxylic acids is 1. The highest BCUT2D eigenvalue weighted by atomic mass is 35.5. The molecule has 0 bridgehead atoms. The van der Waals surface area contributed by atoms with Crippen molar-refractivity contribution in [2.24, 2.45) is 0 Å². The van der Waals surface area contributed by atoms with Crippen molar-refractivity contribution in [2.45, 2.75) is 39.8 Å². The minimum absolute atomic E-state index is 0.376. The SMILES string of the molecule is Cc1cc2cc(N(Cc3ccc(Cl)cc3)C(=O)OC(C)(C)C)ccc2[nH]1. The lowest BCUT2D eigenvalue weighted by atomic mass is 10.1. The quantitative estimate of drug-likeness (QED) is 0.608. The molecule has 3 rings (SSSR count). The van der Waals surface area contributed by atoms with E-state index in [2.05, 4.69) is 11.1 Å². The molecule has 26 heavy (non-hydrogen) atoms. The number of fused-ring (bicyclic) bond motifs is 1. The number of H-pyrrole nitrogens is 1. The van der Waals surface area contributed by atoms with Crippen LogP contribution in [0.25, 0.3) is 10.9 Å². The Hall–Kier alpha value is -2.46. The number of hydrogen-bond donors (Lipinski definition) is 1. The lowest BCUT2D eigenvalue weighted by molar-refractivity contribution is 0.0577. The average Bonchev–Trinajstić information content (AvgIpc) is 2.91. The van der Waals surface area contributed by atoms with Gasteiger partial charge < -0.3 is 9.72 Å². The standard InChI is InChI=1S/C21H23ClN2O2/c1-14-11-16-12-18(9-10-19(16)23-14)24(20(25)26-21(2,3)4)13-15-5-7-17(22)8-6-15/h5-12,23H,13H2,1-4H3. The fourth-order valence-electron chi connectivity index (χ4n) is 2.78. The number of aryl methyl sites for hydroxylation is 1. The van der Waals surface area contributed by atoms with Crippen molar-refractivity contribution in [3.63, 3.8) is 0 Å². The number of hydrogen-bond acceptors (Lipinski definition) is 2. The Kier molecular flexibility index (Phi) is 4.97. The maximum atomic E-state index is 12.8. The largest absolute Gasteiger partial charge is 0.443 e. The lowest BCUT2D eigenvalue weighted by Gasteiger charge is -2.27. The van der Waals surface area contributed by atoms with Crippen LogP contribution in [-0.4, -0.2) is 16.7 Å². The van der Waals surface area contributed by atoms with Gasteiger partial charge in [-0.1, -0.05) is 23.7 Å². The van der Waals surface area contributed by atoms with E-state index in [4.69, 9.17) is 16.3 Å². The van der Waals surface area contributed by atoms with E-state index in [1.165, 1.54) is 0 Å². The summed E-state index contributed by atoms with van der Waals surface area (Å²) >= 11 is 5.97. The first-order valence-corrected chi connectivity index (χ1v) is 8.93. The van der Waals surface area contributed by atoms with Crippen molar-refractivity contribution in [2.75, 3.05) is 4.90 Å². The molecule has 1 N–H and O–H groups in total. The molecular formula is C21H23ClN2O2. The lowest BCUT2D eigenvalue weighted by Crippen LogP contribution is -2.36. The molecule has 0 saturated carbocycles. The van der Waals surface area contributed by atoms with Gasteiger partial charge in [0.25, 0.3) is 0 Å². The third-order valence-corrected chi connectivity index (χ3v) is 4.17. The van der Waals surface area contributed by atoms with Gasteiger partial charge in [-0.15, -0.1) is 0 Å². The summed E-state index contributed by atoms with van der Waals surface area (Å²) in [5, 5.41) is 1.73. The van der Waals surface area contributed by atoms with Crippen LogP contribution in [0.2, 0.25) is 5.02 Å². The van der Waals surface area contributed by atoms with E-state index in [0.29, 0.717) is 11.6 Å². The molecule has 0 unspecified atom stereocenters. The predicted molar refractivity (Wildman–Crippen MR) is 107 cm³/mol. The number of benzene rings is 2. The molecule has 0 aliphatic carbocycles. The molecule has 136 valence electrons. The van der Waals surface area contributed by atoms with Crippen LogP contribution in [0.15, 0.2) is 48.5 Å². The summed E-state index contributed by atoms with van der Waals surface area (Å²) in [6, 6.07) is 15.4. The smallest absolute Gasteiger partial charge is 0.415 e. The van der Waals surface area contributed by atoms with E-state index in [0.717, 1.165) is 27.8 Å². The molecule has 1 heterocycles. The van der Waals surface area contributed by atoms with Crippen molar-refractivity contribution in [3.8, 4) is 0 Å². The monoisotopic (exact) mass is 370 g/mol. The van der Waals surface area contributed by atoms with Crippen LogP contribution in [-0.2, 0) is 11.3 Å². The molecule has 0 saturated heterocycles. The molecule has 0 radical (unpaired) electrons. The molecule has 0 fully saturated rings. The first-order valence-electron chi connectivity index (χ1n) is 8.56. The van der Waals surface area contributed by atoms with E-state index in [1.807, 2.05) is 70.2 Å². The molecule has 3 aromatic rings. The number of nitrogens with zero attached hydrogens (tertiary/aromatic N) is 1. The van der Waals surface area contributed by atoms with E-state index in [1.54, 1.807) is 4.90 Å². The second kappa shape index (κ2) is 7.04. The van der Waals surface area contributed by atoms with Crippen molar-refractivity contribution < 1.29 is 9.53 Å². The number of anilines is 1. The summed E-state index contributed by atoms with van der Waals surface area (Å²) in [5.41, 5.74) is 3.33. The van der Waals surface area contributed by atoms with Gasteiger partial charge in [0.15, 0.2) is 0 Å². The van der Waals surface area contributed by atoms with Crippen molar-refractivity contribution in [1.82, 2.24) is 4.98 Å². The topological polar surface area (TPSA) is 45.3 Å². The van der Waals surface area contributed by atoms with E-state index in [-0.39, 0.29) is 6.09 Å². The normalized spacial score (nSPS) is 11.6. The molecule has 0 spiro atoms. The average molecular weight is 371 g/mol. The molecule has 1 amide bonds. The summed E-state index contributed by atoms with van der Waals surface area (Å²) in [6.45, 7) is 8.01. The van der Waals surface area contributed by atoms with Crippen molar-refractivity contribution in [3.05, 3.63) is 64.8 Å². The van der Waals surface area contributed by atoms with Crippen molar-refractivity contribution >= 4 is 34.3 Å². The first-order chi connectivity index (χ1) is 12.2. The zero-order chi connectivity index (χ0) is 18.9. The van der Waals surface area contributed by atoms with Crippen LogP contribution >= 0.6 is 11.6 Å². The molecule has 0 atom stereocenters. The molecule has 0 aliphatic rings. The molecule has 5 heteroatoms. The van der Waals surface area contributed by atoms with Gasteiger partial charge in [0, 0.05) is 27.3 Å². The van der Waals surface area contributed by atoms with Gasteiger partial charge in [0.2, 0.25) is 0 Å². The van der Waals surface area contributed by atoms with Crippen LogP contribution in [0.5, 0.6) is 0 Å². The number of carbonyl (C=O) groups is 1. The maximum Gasteiger partial charge on any atom is 0.415 e. The fourth-order valence-corrected chi connectivity index (χ4v) is 2.91. The van der Waals surface area contributed by atoms with Gasteiger partial charge in [-0.3, -0.25) is 4.90 Å². The minimum Gasteiger partial charge on any atom is -0.443 e. The summed E-state index contributed by atoms with van der Waals surface area (Å²) in [4.78, 5) is 17.8. The third kappa shape index (κ3) is 4.38.